The van der Waals surface area contributed by atoms with Crippen LogP contribution in [0.4, 0.5) is 0 Å². The van der Waals surface area contributed by atoms with Crippen LogP contribution in [0, 0.1) is 11.3 Å². The van der Waals surface area contributed by atoms with Gasteiger partial charge in [-0.25, -0.2) is 0 Å². The number of aliphatic hydroxyl groups is 1. The van der Waals surface area contributed by atoms with Crippen molar-refractivity contribution in [3.05, 3.63) is 0 Å². The van der Waals surface area contributed by atoms with E-state index in [4.69, 9.17) is 0 Å². The van der Waals surface area contributed by atoms with E-state index in [9.17, 15) is 5.11 Å². The number of rotatable bonds is 5. The lowest BCUT2D eigenvalue weighted by molar-refractivity contribution is 0.136. The largest absolute Gasteiger partial charge is 0.396 e. The molecule has 1 aliphatic heterocycles. The van der Waals surface area contributed by atoms with Crippen molar-refractivity contribution < 1.29 is 5.11 Å². The van der Waals surface area contributed by atoms with Crippen LogP contribution < -0.4 is 5.32 Å². The lowest BCUT2D eigenvalue weighted by atomic mass is 9.90. The summed E-state index contributed by atoms with van der Waals surface area (Å²) in [5.41, 5.74) is -0.00513. The van der Waals surface area contributed by atoms with Crippen molar-refractivity contribution in [3.8, 4) is 0 Å². The van der Waals surface area contributed by atoms with Crippen molar-refractivity contribution >= 4 is 0 Å². The van der Waals surface area contributed by atoms with Crippen LogP contribution in [0.2, 0.25) is 0 Å². The molecule has 0 radical (unpaired) electrons. The Balaban J connectivity index is 2.31. The molecular weight excluding hydrogens is 200 g/mol. The van der Waals surface area contributed by atoms with Gasteiger partial charge in [-0.3, -0.25) is 0 Å². The number of aliphatic hydroxyl groups excluding tert-OH is 1. The molecule has 0 aromatic heterocycles. The van der Waals surface area contributed by atoms with Gasteiger partial charge < -0.3 is 15.3 Å². The van der Waals surface area contributed by atoms with Crippen molar-refractivity contribution in [1.29, 1.82) is 0 Å². The lowest BCUT2D eigenvalue weighted by Crippen LogP contribution is -2.46. The maximum Gasteiger partial charge on any atom is 0.0494 e. The van der Waals surface area contributed by atoms with Gasteiger partial charge in [0.05, 0.1) is 0 Å². The summed E-state index contributed by atoms with van der Waals surface area (Å²) in [6, 6.07) is 0.550. The fourth-order valence-corrected chi connectivity index (χ4v) is 2.27. The molecule has 3 nitrogen and oxygen atoms in total. The van der Waals surface area contributed by atoms with Gasteiger partial charge in [-0.05, 0) is 39.3 Å². The molecule has 0 aromatic carbocycles. The van der Waals surface area contributed by atoms with Gasteiger partial charge in [0, 0.05) is 31.2 Å². The van der Waals surface area contributed by atoms with Gasteiger partial charge in [0.25, 0.3) is 0 Å². The maximum absolute atomic E-state index is 9.21. The third-order valence-corrected chi connectivity index (χ3v) is 3.70. The summed E-state index contributed by atoms with van der Waals surface area (Å²) < 4.78 is 0. The Kier molecular flexibility index (Phi) is 5.22. The van der Waals surface area contributed by atoms with Crippen LogP contribution in [0.3, 0.4) is 0 Å². The number of nitrogens with zero attached hydrogens (tertiary/aromatic N) is 1. The number of hydrogen-bond donors (Lipinski definition) is 2. The van der Waals surface area contributed by atoms with Gasteiger partial charge in [0.1, 0.15) is 0 Å². The summed E-state index contributed by atoms with van der Waals surface area (Å²) in [4.78, 5) is 2.42. The van der Waals surface area contributed by atoms with Gasteiger partial charge in [-0.2, -0.15) is 0 Å². The second-order valence-electron chi connectivity index (χ2n) is 6.16. The van der Waals surface area contributed by atoms with E-state index in [1.54, 1.807) is 0 Å². The molecule has 1 heterocycles. The van der Waals surface area contributed by atoms with Crippen LogP contribution in [0.15, 0.2) is 0 Å². The second kappa shape index (κ2) is 5.99. The molecule has 96 valence electrons. The van der Waals surface area contributed by atoms with Crippen molar-refractivity contribution in [2.24, 2.45) is 11.3 Å². The highest BCUT2D eigenvalue weighted by atomic mass is 16.3. The quantitative estimate of drug-likeness (QED) is 0.745. The van der Waals surface area contributed by atoms with Crippen LogP contribution in [0.1, 0.15) is 33.6 Å². The zero-order chi connectivity index (χ0) is 12.2. The van der Waals surface area contributed by atoms with E-state index < -0.39 is 0 Å². The molecule has 1 saturated heterocycles. The molecule has 2 N–H and O–H groups in total. The third kappa shape index (κ3) is 4.40. The Labute approximate surface area is 100 Å². The van der Waals surface area contributed by atoms with Crippen LogP contribution >= 0.6 is 0 Å². The number of nitrogens with one attached hydrogen (secondary N) is 1. The highest BCUT2D eigenvalue weighted by molar-refractivity contribution is 4.81. The zero-order valence-corrected chi connectivity index (χ0v) is 11.3. The monoisotopic (exact) mass is 228 g/mol. The minimum Gasteiger partial charge on any atom is -0.396 e. The molecule has 16 heavy (non-hydrogen) atoms. The van der Waals surface area contributed by atoms with Crippen LogP contribution in [-0.4, -0.2) is 49.3 Å². The molecule has 0 aromatic rings. The van der Waals surface area contributed by atoms with E-state index in [0.29, 0.717) is 6.04 Å². The minimum absolute atomic E-state index is 0.00513. The number of hydrogen-bond acceptors (Lipinski definition) is 3. The first kappa shape index (κ1) is 13.9. The van der Waals surface area contributed by atoms with E-state index in [1.165, 1.54) is 25.9 Å². The fourth-order valence-electron chi connectivity index (χ4n) is 2.27. The van der Waals surface area contributed by atoms with Crippen LogP contribution in [0.5, 0.6) is 0 Å². The summed E-state index contributed by atoms with van der Waals surface area (Å²) in [6.07, 6.45) is 2.65. The summed E-state index contributed by atoms with van der Waals surface area (Å²) in [7, 11) is 2.20. The van der Waals surface area contributed by atoms with Gasteiger partial charge in [0.2, 0.25) is 0 Å². The first-order valence-electron chi connectivity index (χ1n) is 6.47. The van der Waals surface area contributed by atoms with E-state index in [0.717, 1.165) is 12.5 Å². The molecule has 2 unspecified atom stereocenters. The van der Waals surface area contributed by atoms with Gasteiger partial charge >= 0.3 is 0 Å². The smallest absolute Gasteiger partial charge is 0.0494 e. The zero-order valence-electron chi connectivity index (χ0n) is 11.3. The Morgan fingerprint density at radius 2 is 2.19 bits per heavy atom. The van der Waals surface area contributed by atoms with E-state index in [2.05, 4.69) is 38.0 Å². The highest BCUT2D eigenvalue weighted by Crippen LogP contribution is 2.19. The van der Waals surface area contributed by atoms with Gasteiger partial charge in [-0.15, -0.1) is 0 Å². The molecule has 1 fully saturated rings. The van der Waals surface area contributed by atoms with Crippen molar-refractivity contribution in [3.63, 3.8) is 0 Å². The van der Waals surface area contributed by atoms with Crippen molar-refractivity contribution in [2.45, 2.75) is 39.7 Å². The van der Waals surface area contributed by atoms with Crippen LogP contribution in [-0.2, 0) is 0 Å². The van der Waals surface area contributed by atoms with E-state index in [-0.39, 0.29) is 12.0 Å². The molecule has 0 amide bonds. The Hall–Kier alpha value is -0.120. The molecule has 0 spiro atoms. The summed E-state index contributed by atoms with van der Waals surface area (Å²) in [6.45, 7) is 10.1. The van der Waals surface area contributed by atoms with Crippen molar-refractivity contribution in [2.75, 3.05) is 33.3 Å². The first-order valence-corrected chi connectivity index (χ1v) is 6.47. The van der Waals surface area contributed by atoms with E-state index in [1.807, 2.05) is 0 Å². The van der Waals surface area contributed by atoms with Gasteiger partial charge in [-0.1, -0.05) is 13.8 Å². The summed E-state index contributed by atoms with van der Waals surface area (Å²) >= 11 is 0. The molecule has 3 heteroatoms. The molecule has 0 saturated carbocycles. The Morgan fingerprint density at radius 3 is 2.75 bits per heavy atom. The molecule has 1 rings (SSSR count). The SMILES string of the molecule is CC(NCC(C)(C)CO)C1CCCN(C)C1. The standard InChI is InChI=1S/C13H28N2O/c1-11(14-9-13(2,3)10-16)12-6-5-7-15(4)8-12/h11-12,14,16H,5-10H2,1-4H3. The molecule has 1 aliphatic rings. The summed E-state index contributed by atoms with van der Waals surface area (Å²) in [5, 5.41) is 12.8. The molecule has 0 bridgehead atoms. The predicted octanol–water partition coefficient (Wildman–Crippen LogP) is 1.32. The van der Waals surface area contributed by atoms with Crippen molar-refractivity contribution in [1.82, 2.24) is 10.2 Å². The predicted molar refractivity (Wildman–Crippen MR) is 68.6 cm³/mol. The first-order chi connectivity index (χ1) is 7.44. The number of likely N-dealkylation sites (tertiary alicyclic amines) is 1. The normalized spacial score (nSPS) is 25.7. The number of piperidine rings is 1. The molecule has 2 atom stereocenters. The topological polar surface area (TPSA) is 35.5 Å². The fraction of sp³-hybridized carbons (Fsp3) is 1.00. The average Bonchev–Trinajstić information content (AvgIpc) is 2.26. The Bertz CT molecular complexity index is 206. The minimum atomic E-state index is -0.00513. The second-order valence-corrected chi connectivity index (χ2v) is 6.16. The average molecular weight is 228 g/mol. The highest BCUT2D eigenvalue weighted by Gasteiger charge is 2.24. The Morgan fingerprint density at radius 1 is 1.50 bits per heavy atom. The molecule has 0 aliphatic carbocycles. The summed E-state index contributed by atoms with van der Waals surface area (Å²) in [5.74, 6) is 0.758. The van der Waals surface area contributed by atoms with Crippen LogP contribution in [0.25, 0.3) is 0 Å². The maximum atomic E-state index is 9.21. The lowest BCUT2D eigenvalue weighted by Gasteiger charge is -2.35. The third-order valence-electron chi connectivity index (χ3n) is 3.70. The van der Waals surface area contributed by atoms with E-state index >= 15 is 0 Å². The molecular formula is C13H28N2O. The van der Waals surface area contributed by atoms with Gasteiger partial charge in [0.15, 0.2) is 0 Å².